The van der Waals surface area contributed by atoms with Crippen molar-refractivity contribution in [2.45, 2.75) is 6.92 Å². The average Bonchev–Trinajstić information content (AvgIpc) is 2.29. The van der Waals surface area contributed by atoms with Crippen molar-refractivity contribution in [3.63, 3.8) is 0 Å². The molecule has 0 aliphatic rings. The van der Waals surface area contributed by atoms with Crippen LogP contribution in [0.4, 0.5) is 11.4 Å². The fourth-order valence-electron chi connectivity index (χ4n) is 1.72. The molecule has 0 amide bonds. The lowest BCUT2D eigenvalue weighted by atomic mass is 10.2. The molecule has 0 saturated carbocycles. The molecule has 2 aromatic rings. The minimum atomic E-state index is 0.298. The molecule has 1 N–H and O–H groups in total. The molecule has 2 heteroatoms. The van der Waals surface area contributed by atoms with Gasteiger partial charge in [-0.3, -0.25) is 0 Å². The van der Waals surface area contributed by atoms with E-state index in [0.29, 0.717) is 5.75 Å². The van der Waals surface area contributed by atoms with Crippen molar-refractivity contribution in [2.24, 2.45) is 0 Å². The number of aryl methyl sites for hydroxylation is 1. The van der Waals surface area contributed by atoms with Gasteiger partial charge in [-0.25, -0.2) is 0 Å². The van der Waals surface area contributed by atoms with Crippen LogP contribution >= 0.6 is 0 Å². The largest absolute Gasteiger partial charge is 0.506 e. The summed E-state index contributed by atoms with van der Waals surface area (Å²) in [4.78, 5) is 1.97. The SMILES string of the molecule is Cc1cccc(N(C)c2ccccc2O)c1. The van der Waals surface area contributed by atoms with E-state index in [1.165, 1.54) is 5.56 Å². The highest BCUT2D eigenvalue weighted by atomic mass is 16.3. The molecular formula is C14H15NO. The minimum absolute atomic E-state index is 0.298. The molecule has 0 aliphatic heterocycles. The van der Waals surface area contributed by atoms with E-state index >= 15 is 0 Å². The van der Waals surface area contributed by atoms with Crippen LogP contribution < -0.4 is 4.90 Å². The third-order valence-corrected chi connectivity index (χ3v) is 2.63. The summed E-state index contributed by atoms with van der Waals surface area (Å²) >= 11 is 0. The van der Waals surface area contributed by atoms with Gasteiger partial charge in [0.15, 0.2) is 0 Å². The molecule has 2 nitrogen and oxygen atoms in total. The molecular weight excluding hydrogens is 198 g/mol. The Morgan fingerprint density at radius 1 is 1.00 bits per heavy atom. The zero-order chi connectivity index (χ0) is 11.5. The molecule has 0 aliphatic carbocycles. The molecule has 0 fully saturated rings. The zero-order valence-electron chi connectivity index (χ0n) is 9.51. The van der Waals surface area contributed by atoms with Crippen molar-refractivity contribution < 1.29 is 5.11 Å². The number of phenols is 1. The predicted octanol–water partition coefficient (Wildman–Crippen LogP) is 3.47. The maximum atomic E-state index is 9.77. The van der Waals surface area contributed by atoms with Crippen LogP contribution in [-0.2, 0) is 0 Å². The second kappa shape index (κ2) is 4.27. The summed E-state index contributed by atoms with van der Waals surface area (Å²) in [5, 5.41) is 9.77. The highest BCUT2D eigenvalue weighted by molar-refractivity contribution is 5.68. The van der Waals surface area contributed by atoms with Gasteiger partial charge in [-0.05, 0) is 36.8 Å². The lowest BCUT2D eigenvalue weighted by Gasteiger charge is -2.20. The normalized spacial score (nSPS) is 10.1. The first-order chi connectivity index (χ1) is 7.68. The molecule has 0 radical (unpaired) electrons. The molecule has 82 valence electrons. The minimum Gasteiger partial charge on any atom is -0.506 e. The lowest BCUT2D eigenvalue weighted by Crippen LogP contribution is -2.09. The van der Waals surface area contributed by atoms with Crippen molar-refractivity contribution in [1.29, 1.82) is 0 Å². The molecule has 16 heavy (non-hydrogen) atoms. The maximum absolute atomic E-state index is 9.77. The number of hydrogen-bond donors (Lipinski definition) is 1. The molecule has 2 aromatic carbocycles. The molecule has 0 unspecified atom stereocenters. The van der Waals surface area contributed by atoms with Gasteiger partial charge in [0.2, 0.25) is 0 Å². The van der Waals surface area contributed by atoms with E-state index in [0.717, 1.165) is 11.4 Å². The van der Waals surface area contributed by atoms with Crippen molar-refractivity contribution in [2.75, 3.05) is 11.9 Å². The van der Waals surface area contributed by atoms with Crippen molar-refractivity contribution in [3.05, 3.63) is 54.1 Å². The van der Waals surface area contributed by atoms with Gasteiger partial charge >= 0.3 is 0 Å². The topological polar surface area (TPSA) is 23.5 Å². The molecule has 0 saturated heterocycles. The maximum Gasteiger partial charge on any atom is 0.139 e. The number of nitrogens with zero attached hydrogens (tertiary/aromatic N) is 1. The van der Waals surface area contributed by atoms with Crippen LogP contribution in [0.5, 0.6) is 5.75 Å². The lowest BCUT2D eigenvalue weighted by molar-refractivity contribution is 0.476. The number of aromatic hydroxyl groups is 1. The second-order valence-corrected chi connectivity index (χ2v) is 3.89. The Hall–Kier alpha value is -1.96. The first-order valence-electron chi connectivity index (χ1n) is 5.27. The summed E-state index contributed by atoms with van der Waals surface area (Å²) in [5.41, 5.74) is 3.09. The monoisotopic (exact) mass is 213 g/mol. The quantitative estimate of drug-likeness (QED) is 0.825. The van der Waals surface area contributed by atoms with Gasteiger partial charge < -0.3 is 10.0 Å². The number of benzene rings is 2. The highest BCUT2D eigenvalue weighted by Crippen LogP contribution is 2.31. The third-order valence-electron chi connectivity index (χ3n) is 2.63. The number of para-hydroxylation sites is 2. The van der Waals surface area contributed by atoms with E-state index in [2.05, 4.69) is 19.1 Å². The summed E-state index contributed by atoms with van der Waals surface area (Å²) in [6, 6.07) is 15.5. The molecule has 0 aromatic heterocycles. The second-order valence-electron chi connectivity index (χ2n) is 3.89. The number of rotatable bonds is 2. The zero-order valence-corrected chi connectivity index (χ0v) is 9.51. The van der Waals surface area contributed by atoms with Crippen LogP contribution in [0, 0.1) is 6.92 Å². The van der Waals surface area contributed by atoms with Gasteiger partial charge in [0.05, 0.1) is 5.69 Å². The first-order valence-corrected chi connectivity index (χ1v) is 5.27. The Kier molecular flexibility index (Phi) is 2.82. The third kappa shape index (κ3) is 2.01. The smallest absolute Gasteiger partial charge is 0.139 e. The Morgan fingerprint density at radius 3 is 2.44 bits per heavy atom. The molecule has 0 atom stereocenters. The Morgan fingerprint density at radius 2 is 1.75 bits per heavy atom. The summed E-state index contributed by atoms with van der Waals surface area (Å²) in [5.74, 6) is 0.298. The first kappa shape index (κ1) is 10.6. The van der Waals surface area contributed by atoms with Crippen LogP contribution in [0.2, 0.25) is 0 Å². The number of anilines is 2. The van der Waals surface area contributed by atoms with Crippen molar-refractivity contribution >= 4 is 11.4 Å². The molecule has 0 spiro atoms. The standard InChI is InChI=1S/C14H15NO/c1-11-6-5-7-12(10-11)15(2)13-8-3-4-9-14(13)16/h3-10,16H,1-2H3. The van der Waals surface area contributed by atoms with Crippen molar-refractivity contribution in [1.82, 2.24) is 0 Å². The van der Waals surface area contributed by atoms with Gasteiger partial charge in [-0.1, -0.05) is 24.3 Å². The fraction of sp³-hybridized carbons (Fsp3) is 0.143. The van der Waals surface area contributed by atoms with E-state index in [1.807, 2.05) is 42.3 Å². The summed E-state index contributed by atoms with van der Waals surface area (Å²) in [6.45, 7) is 2.06. The van der Waals surface area contributed by atoms with Gasteiger partial charge in [0.25, 0.3) is 0 Å². The van der Waals surface area contributed by atoms with E-state index in [-0.39, 0.29) is 0 Å². The average molecular weight is 213 g/mol. The van der Waals surface area contributed by atoms with Gasteiger partial charge in [-0.15, -0.1) is 0 Å². The Labute approximate surface area is 95.8 Å². The number of hydrogen-bond acceptors (Lipinski definition) is 2. The number of phenolic OH excluding ortho intramolecular Hbond substituents is 1. The van der Waals surface area contributed by atoms with Crippen LogP contribution in [-0.4, -0.2) is 12.2 Å². The van der Waals surface area contributed by atoms with E-state index < -0.39 is 0 Å². The fourth-order valence-corrected chi connectivity index (χ4v) is 1.72. The van der Waals surface area contributed by atoms with E-state index in [9.17, 15) is 5.11 Å². The predicted molar refractivity (Wildman–Crippen MR) is 67.3 cm³/mol. The van der Waals surface area contributed by atoms with Crippen LogP contribution in [0.3, 0.4) is 0 Å². The van der Waals surface area contributed by atoms with E-state index in [4.69, 9.17) is 0 Å². The van der Waals surface area contributed by atoms with E-state index in [1.54, 1.807) is 6.07 Å². The van der Waals surface area contributed by atoms with Crippen molar-refractivity contribution in [3.8, 4) is 5.75 Å². The Balaban J connectivity index is 2.39. The molecule has 0 heterocycles. The molecule has 2 rings (SSSR count). The van der Waals surface area contributed by atoms with Gasteiger partial charge in [0, 0.05) is 12.7 Å². The Bertz CT molecular complexity index is 494. The van der Waals surface area contributed by atoms with Crippen LogP contribution in [0.15, 0.2) is 48.5 Å². The summed E-state index contributed by atoms with van der Waals surface area (Å²) in [7, 11) is 1.95. The van der Waals surface area contributed by atoms with Gasteiger partial charge in [0.1, 0.15) is 5.75 Å². The molecule has 0 bridgehead atoms. The van der Waals surface area contributed by atoms with Crippen LogP contribution in [0.1, 0.15) is 5.56 Å². The highest BCUT2D eigenvalue weighted by Gasteiger charge is 2.07. The summed E-state index contributed by atoms with van der Waals surface area (Å²) in [6.07, 6.45) is 0. The van der Waals surface area contributed by atoms with Crippen LogP contribution in [0.25, 0.3) is 0 Å². The van der Waals surface area contributed by atoms with Gasteiger partial charge in [-0.2, -0.15) is 0 Å². The summed E-state index contributed by atoms with van der Waals surface area (Å²) < 4.78 is 0.